The second kappa shape index (κ2) is 7.27. The first-order valence-corrected chi connectivity index (χ1v) is 9.25. The second-order valence-electron chi connectivity index (χ2n) is 7.00. The van der Waals surface area contributed by atoms with Gasteiger partial charge in [0.15, 0.2) is 5.65 Å². The first kappa shape index (κ1) is 18.5. The molecule has 2 aromatic heterocycles. The Hall–Kier alpha value is -3.87. The maximum Gasteiger partial charge on any atom is 0.272 e. The summed E-state index contributed by atoms with van der Waals surface area (Å²) >= 11 is 0. The van der Waals surface area contributed by atoms with Gasteiger partial charge in [-0.15, -0.1) is 0 Å². The van der Waals surface area contributed by atoms with Crippen molar-refractivity contribution in [2.45, 2.75) is 20.8 Å². The Bertz CT molecular complexity index is 1270. The zero-order valence-electron chi connectivity index (χ0n) is 16.4. The van der Waals surface area contributed by atoms with Crippen LogP contribution < -0.4 is 16.2 Å². The minimum Gasteiger partial charge on any atom is -0.340 e. The number of aromatic amines is 1. The van der Waals surface area contributed by atoms with Crippen LogP contribution in [0.4, 0.5) is 17.2 Å². The number of nitrogens with one attached hydrogen (secondary N) is 3. The third-order valence-electron chi connectivity index (χ3n) is 4.78. The Morgan fingerprint density at radius 3 is 2.45 bits per heavy atom. The van der Waals surface area contributed by atoms with Crippen LogP contribution in [0.25, 0.3) is 5.65 Å². The molecule has 0 bridgehead atoms. The van der Waals surface area contributed by atoms with E-state index in [-0.39, 0.29) is 22.7 Å². The predicted octanol–water partition coefficient (Wildman–Crippen LogP) is 3.94. The number of rotatable bonds is 4. The van der Waals surface area contributed by atoms with E-state index in [0.29, 0.717) is 17.2 Å². The summed E-state index contributed by atoms with van der Waals surface area (Å²) in [7, 11) is 0. The normalized spacial score (nSPS) is 10.9. The number of aryl methyl sites for hydroxylation is 3. The highest BCUT2D eigenvalue weighted by Crippen LogP contribution is 2.24. The van der Waals surface area contributed by atoms with E-state index in [4.69, 9.17) is 0 Å². The van der Waals surface area contributed by atoms with Crippen molar-refractivity contribution in [3.05, 3.63) is 87.3 Å². The lowest BCUT2D eigenvalue weighted by atomic mass is 10.1. The van der Waals surface area contributed by atoms with E-state index in [1.54, 1.807) is 6.92 Å². The third-order valence-corrected chi connectivity index (χ3v) is 4.78. The number of para-hydroxylation sites is 1. The zero-order chi connectivity index (χ0) is 20.5. The summed E-state index contributed by atoms with van der Waals surface area (Å²) in [6.07, 6.45) is 0. The van der Waals surface area contributed by atoms with Gasteiger partial charge in [0.05, 0.1) is 0 Å². The van der Waals surface area contributed by atoms with Crippen LogP contribution in [0.5, 0.6) is 0 Å². The summed E-state index contributed by atoms with van der Waals surface area (Å²) < 4.78 is 1.27. The summed E-state index contributed by atoms with van der Waals surface area (Å²) in [5.74, 6) is 0.0377. The van der Waals surface area contributed by atoms with Crippen LogP contribution in [0.1, 0.15) is 27.2 Å². The molecule has 0 radical (unpaired) electrons. The molecule has 29 heavy (non-hydrogen) atoms. The second-order valence-corrected chi connectivity index (χ2v) is 7.00. The molecule has 2 aromatic carbocycles. The summed E-state index contributed by atoms with van der Waals surface area (Å²) in [4.78, 5) is 30.0. The molecule has 7 heteroatoms. The van der Waals surface area contributed by atoms with E-state index < -0.39 is 0 Å². The van der Waals surface area contributed by atoms with Gasteiger partial charge in [0.2, 0.25) is 0 Å². The highest BCUT2D eigenvalue weighted by molar-refractivity contribution is 6.12. The molecule has 0 atom stereocenters. The molecular formula is C22H21N5O2. The Kier molecular flexibility index (Phi) is 4.64. The molecule has 7 nitrogen and oxygen atoms in total. The lowest BCUT2D eigenvalue weighted by Crippen LogP contribution is -2.17. The molecule has 0 unspecified atom stereocenters. The van der Waals surface area contributed by atoms with E-state index in [9.17, 15) is 9.59 Å². The number of nitrogens with zero attached hydrogens (tertiary/aromatic N) is 2. The summed E-state index contributed by atoms with van der Waals surface area (Å²) in [6.45, 7) is 5.73. The van der Waals surface area contributed by atoms with Crippen LogP contribution in [0, 0.1) is 20.8 Å². The number of carbonyl (C=O) groups is 1. The molecular weight excluding hydrogens is 366 g/mol. The molecule has 146 valence electrons. The minimum absolute atomic E-state index is 0.271. The lowest BCUT2D eigenvalue weighted by Gasteiger charge is -2.09. The van der Waals surface area contributed by atoms with Crippen molar-refractivity contribution in [2.75, 3.05) is 10.6 Å². The highest BCUT2D eigenvalue weighted by atomic mass is 16.2. The van der Waals surface area contributed by atoms with Crippen molar-refractivity contribution in [2.24, 2.45) is 0 Å². The molecule has 2 heterocycles. The average Bonchev–Trinajstić information content (AvgIpc) is 3.04. The number of fused-ring (bicyclic) bond motifs is 1. The Morgan fingerprint density at radius 2 is 1.72 bits per heavy atom. The SMILES string of the molecule is Cc1cc(=O)n2[nH]c(Nc3ccccc3)c(C(=O)Nc3ccc(C)c(C)c3)c2n1. The quantitative estimate of drug-likeness (QED) is 0.495. The first-order chi connectivity index (χ1) is 13.9. The third kappa shape index (κ3) is 3.62. The van der Waals surface area contributed by atoms with Gasteiger partial charge in [-0.05, 0) is 56.2 Å². The first-order valence-electron chi connectivity index (χ1n) is 9.25. The predicted molar refractivity (Wildman–Crippen MR) is 114 cm³/mol. The molecule has 4 aromatic rings. The summed E-state index contributed by atoms with van der Waals surface area (Å²) in [5, 5.41) is 9.06. The van der Waals surface area contributed by atoms with Gasteiger partial charge in [0.1, 0.15) is 11.4 Å². The number of H-pyrrole nitrogens is 1. The largest absolute Gasteiger partial charge is 0.340 e. The molecule has 0 saturated carbocycles. The molecule has 0 spiro atoms. The number of benzene rings is 2. The van der Waals surface area contributed by atoms with Gasteiger partial charge in [0, 0.05) is 23.1 Å². The minimum atomic E-state index is -0.358. The van der Waals surface area contributed by atoms with Crippen LogP contribution >= 0.6 is 0 Å². The fourth-order valence-electron chi connectivity index (χ4n) is 3.14. The Balaban J connectivity index is 1.81. The maximum atomic E-state index is 13.2. The van der Waals surface area contributed by atoms with E-state index in [1.165, 1.54) is 10.6 Å². The van der Waals surface area contributed by atoms with Gasteiger partial charge in [-0.3, -0.25) is 14.7 Å². The van der Waals surface area contributed by atoms with Gasteiger partial charge in [-0.25, -0.2) is 4.98 Å². The van der Waals surface area contributed by atoms with Crippen LogP contribution in [-0.4, -0.2) is 20.5 Å². The number of aromatic nitrogens is 3. The number of amides is 1. The van der Waals surface area contributed by atoms with Gasteiger partial charge in [0.25, 0.3) is 11.5 Å². The van der Waals surface area contributed by atoms with Crippen LogP contribution in [0.3, 0.4) is 0 Å². The van der Waals surface area contributed by atoms with Gasteiger partial charge in [-0.1, -0.05) is 24.3 Å². The lowest BCUT2D eigenvalue weighted by molar-refractivity contribution is 0.102. The number of hydrogen-bond acceptors (Lipinski definition) is 4. The van der Waals surface area contributed by atoms with E-state index in [1.807, 2.05) is 62.4 Å². The van der Waals surface area contributed by atoms with Crippen LogP contribution in [0.15, 0.2) is 59.4 Å². The smallest absolute Gasteiger partial charge is 0.272 e. The molecule has 1 amide bonds. The van der Waals surface area contributed by atoms with Crippen molar-refractivity contribution in [3.63, 3.8) is 0 Å². The Morgan fingerprint density at radius 1 is 0.966 bits per heavy atom. The van der Waals surface area contributed by atoms with Crippen molar-refractivity contribution >= 4 is 28.7 Å². The fraction of sp³-hybridized carbons (Fsp3) is 0.136. The molecule has 0 aliphatic heterocycles. The number of anilines is 3. The van der Waals surface area contributed by atoms with Gasteiger partial charge >= 0.3 is 0 Å². The van der Waals surface area contributed by atoms with E-state index in [0.717, 1.165) is 16.8 Å². The monoisotopic (exact) mass is 387 g/mol. The van der Waals surface area contributed by atoms with Crippen LogP contribution in [-0.2, 0) is 0 Å². The van der Waals surface area contributed by atoms with Crippen molar-refractivity contribution in [3.8, 4) is 0 Å². The standard InChI is InChI=1S/C22H21N5O2/c1-13-9-10-17(11-14(13)2)25-22(29)19-20(24-16-7-5-4-6-8-16)26-27-18(28)12-15(3)23-21(19)27/h4-12,24,26H,1-3H3,(H,25,29). The number of hydrogen-bond donors (Lipinski definition) is 3. The van der Waals surface area contributed by atoms with Gasteiger partial charge < -0.3 is 10.6 Å². The van der Waals surface area contributed by atoms with Crippen molar-refractivity contribution in [1.29, 1.82) is 0 Å². The molecule has 0 fully saturated rings. The summed E-state index contributed by atoms with van der Waals surface area (Å²) in [5.41, 5.74) is 4.49. The van der Waals surface area contributed by atoms with E-state index in [2.05, 4.69) is 20.7 Å². The fourth-order valence-corrected chi connectivity index (χ4v) is 3.14. The van der Waals surface area contributed by atoms with Crippen LogP contribution in [0.2, 0.25) is 0 Å². The van der Waals surface area contributed by atoms with E-state index >= 15 is 0 Å². The van der Waals surface area contributed by atoms with Crippen molar-refractivity contribution < 1.29 is 4.79 Å². The highest BCUT2D eigenvalue weighted by Gasteiger charge is 2.22. The summed E-state index contributed by atoms with van der Waals surface area (Å²) in [6, 6.07) is 16.6. The zero-order valence-corrected chi connectivity index (χ0v) is 16.4. The molecule has 0 saturated heterocycles. The topological polar surface area (TPSA) is 91.3 Å². The van der Waals surface area contributed by atoms with Crippen molar-refractivity contribution in [1.82, 2.24) is 14.6 Å². The molecule has 0 aliphatic rings. The molecule has 0 aliphatic carbocycles. The number of carbonyl (C=O) groups excluding carboxylic acids is 1. The average molecular weight is 387 g/mol. The Labute approximate surface area is 167 Å². The molecule has 3 N–H and O–H groups in total. The maximum absolute atomic E-state index is 13.2. The van der Waals surface area contributed by atoms with Gasteiger partial charge in [-0.2, -0.15) is 4.52 Å². The molecule has 4 rings (SSSR count).